The molecule has 1 aromatic heterocycles. The van der Waals surface area contributed by atoms with Crippen LogP contribution in [0.25, 0.3) is 0 Å². The monoisotopic (exact) mass is 333 g/mol. The zero-order valence-electron chi connectivity index (χ0n) is 14.7. The van der Waals surface area contributed by atoms with Crippen molar-refractivity contribution < 1.29 is 18.8 Å². The van der Waals surface area contributed by atoms with E-state index in [2.05, 4.69) is 10.5 Å². The Morgan fingerprint density at radius 1 is 1.33 bits per heavy atom. The number of anilines is 1. The second-order valence-corrected chi connectivity index (χ2v) is 5.39. The Hall–Kier alpha value is -2.70. The molecule has 0 saturated heterocycles. The zero-order valence-corrected chi connectivity index (χ0v) is 14.7. The predicted molar refractivity (Wildman–Crippen MR) is 90.6 cm³/mol. The Kier molecular flexibility index (Phi) is 5.68. The number of ether oxygens (including phenoxy) is 2. The third kappa shape index (κ3) is 3.98. The molecule has 0 bridgehead atoms. The summed E-state index contributed by atoms with van der Waals surface area (Å²) in [6, 6.07) is 5.03. The van der Waals surface area contributed by atoms with E-state index in [0.29, 0.717) is 30.3 Å². The lowest BCUT2D eigenvalue weighted by Crippen LogP contribution is -2.31. The van der Waals surface area contributed by atoms with Crippen LogP contribution < -0.4 is 14.8 Å². The molecule has 24 heavy (non-hydrogen) atoms. The highest BCUT2D eigenvalue weighted by molar-refractivity contribution is 5.89. The fraction of sp³-hybridized carbons (Fsp3) is 0.412. The average molecular weight is 333 g/mol. The van der Waals surface area contributed by atoms with Gasteiger partial charge in [-0.05, 0) is 32.9 Å². The second kappa shape index (κ2) is 7.72. The maximum absolute atomic E-state index is 12.4. The number of aromatic nitrogens is 1. The first-order valence-corrected chi connectivity index (χ1v) is 7.71. The molecule has 0 aliphatic carbocycles. The van der Waals surface area contributed by atoms with Gasteiger partial charge in [-0.3, -0.25) is 0 Å². The smallest absolute Gasteiger partial charge is 0.321 e. The maximum atomic E-state index is 12.4. The van der Waals surface area contributed by atoms with E-state index in [-0.39, 0.29) is 6.03 Å². The molecule has 2 amide bonds. The van der Waals surface area contributed by atoms with Crippen LogP contribution in [0.5, 0.6) is 11.5 Å². The van der Waals surface area contributed by atoms with Gasteiger partial charge in [0, 0.05) is 24.4 Å². The zero-order chi connectivity index (χ0) is 17.7. The first-order chi connectivity index (χ1) is 11.5. The van der Waals surface area contributed by atoms with Crippen LogP contribution in [-0.4, -0.2) is 36.9 Å². The van der Waals surface area contributed by atoms with Crippen molar-refractivity contribution in [3.63, 3.8) is 0 Å². The highest BCUT2D eigenvalue weighted by Gasteiger charge is 2.16. The summed E-state index contributed by atoms with van der Waals surface area (Å²) in [5.41, 5.74) is 2.34. The third-order valence-electron chi connectivity index (χ3n) is 3.64. The lowest BCUT2D eigenvalue weighted by Gasteiger charge is -2.18. The van der Waals surface area contributed by atoms with Crippen LogP contribution in [0.3, 0.4) is 0 Å². The van der Waals surface area contributed by atoms with Gasteiger partial charge in [-0.2, -0.15) is 0 Å². The molecule has 0 unspecified atom stereocenters. The predicted octanol–water partition coefficient (Wildman–Crippen LogP) is 3.36. The Morgan fingerprint density at radius 2 is 2.08 bits per heavy atom. The first kappa shape index (κ1) is 17.7. The summed E-state index contributed by atoms with van der Waals surface area (Å²) in [6.45, 7) is 6.51. The summed E-state index contributed by atoms with van der Waals surface area (Å²) in [7, 11) is 3.29. The van der Waals surface area contributed by atoms with Gasteiger partial charge in [0.25, 0.3) is 0 Å². The van der Waals surface area contributed by atoms with Crippen molar-refractivity contribution in [2.24, 2.45) is 0 Å². The number of amides is 2. The second-order valence-electron chi connectivity index (χ2n) is 5.39. The van der Waals surface area contributed by atoms with Crippen molar-refractivity contribution in [2.75, 3.05) is 26.1 Å². The van der Waals surface area contributed by atoms with Crippen molar-refractivity contribution in [2.45, 2.75) is 27.3 Å². The molecule has 2 aromatic rings. The van der Waals surface area contributed by atoms with Crippen molar-refractivity contribution in [1.29, 1.82) is 0 Å². The van der Waals surface area contributed by atoms with Gasteiger partial charge >= 0.3 is 6.03 Å². The molecule has 1 aromatic carbocycles. The van der Waals surface area contributed by atoms with E-state index in [1.165, 1.54) is 0 Å². The summed E-state index contributed by atoms with van der Waals surface area (Å²) in [5, 5.41) is 6.74. The maximum Gasteiger partial charge on any atom is 0.321 e. The number of carbonyl (C=O) groups excluding carboxylic acids is 1. The lowest BCUT2D eigenvalue weighted by molar-refractivity contribution is 0.220. The number of methoxy groups -OCH3 is 1. The molecule has 7 heteroatoms. The number of hydrogen-bond donors (Lipinski definition) is 1. The molecule has 0 atom stereocenters. The molecule has 0 saturated carbocycles. The van der Waals surface area contributed by atoms with E-state index >= 15 is 0 Å². The van der Waals surface area contributed by atoms with Crippen molar-refractivity contribution in [1.82, 2.24) is 10.1 Å². The molecule has 1 N–H and O–H groups in total. The van der Waals surface area contributed by atoms with Crippen LogP contribution in [0.1, 0.15) is 23.9 Å². The quantitative estimate of drug-likeness (QED) is 0.877. The lowest BCUT2D eigenvalue weighted by atomic mass is 10.2. The summed E-state index contributed by atoms with van der Waals surface area (Å²) >= 11 is 0. The average Bonchev–Trinajstić information content (AvgIpc) is 2.87. The molecule has 2 rings (SSSR count). The Labute approximate surface area is 141 Å². The summed E-state index contributed by atoms with van der Waals surface area (Å²) in [4.78, 5) is 13.9. The number of hydrogen-bond acceptors (Lipinski definition) is 5. The number of carbonyl (C=O) groups is 1. The molecule has 1 heterocycles. The van der Waals surface area contributed by atoms with Gasteiger partial charge in [-0.15, -0.1) is 0 Å². The van der Waals surface area contributed by atoms with Crippen LogP contribution in [-0.2, 0) is 6.54 Å². The molecule has 130 valence electrons. The van der Waals surface area contributed by atoms with Gasteiger partial charge in [-0.25, -0.2) is 4.79 Å². The minimum absolute atomic E-state index is 0.234. The molecular weight excluding hydrogens is 310 g/mol. The number of aryl methyl sites for hydroxylation is 2. The van der Waals surface area contributed by atoms with E-state index in [0.717, 1.165) is 17.0 Å². The summed E-state index contributed by atoms with van der Waals surface area (Å²) in [5.74, 6) is 1.93. The fourth-order valence-corrected chi connectivity index (χ4v) is 2.28. The molecule has 0 spiro atoms. The third-order valence-corrected chi connectivity index (χ3v) is 3.64. The summed E-state index contributed by atoms with van der Waals surface area (Å²) < 4.78 is 15.9. The summed E-state index contributed by atoms with van der Waals surface area (Å²) in [6.07, 6.45) is 0. The molecule has 0 aliphatic heterocycles. The minimum Gasteiger partial charge on any atom is -0.493 e. The number of rotatable bonds is 6. The van der Waals surface area contributed by atoms with E-state index in [1.54, 1.807) is 37.3 Å². The van der Waals surface area contributed by atoms with Crippen LogP contribution in [0.2, 0.25) is 0 Å². The fourth-order valence-electron chi connectivity index (χ4n) is 2.28. The van der Waals surface area contributed by atoms with Crippen LogP contribution in [0.15, 0.2) is 22.7 Å². The van der Waals surface area contributed by atoms with E-state index in [9.17, 15) is 4.79 Å². The van der Waals surface area contributed by atoms with E-state index in [1.807, 2.05) is 20.8 Å². The number of nitrogens with zero attached hydrogens (tertiary/aromatic N) is 2. The van der Waals surface area contributed by atoms with E-state index in [4.69, 9.17) is 14.0 Å². The number of nitrogens with one attached hydrogen (secondary N) is 1. The molecule has 0 radical (unpaired) electrons. The first-order valence-electron chi connectivity index (χ1n) is 7.71. The molecular formula is C17H23N3O4. The minimum atomic E-state index is -0.234. The van der Waals surface area contributed by atoms with Gasteiger partial charge in [0.05, 0.1) is 26.0 Å². The highest BCUT2D eigenvalue weighted by atomic mass is 16.5. The molecule has 0 fully saturated rings. The highest BCUT2D eigenvalue weighted by Crippen LogP contribution is 2.30. The topological polar surface area (TPSA) is 76.8 Å². The van der Waals surface area contributed by atoms with Gasteiger partial charge < -0.3 is 24.2 Å². The van der Waals surface area contributed by atoms with Crippen LogP contribution in [0, 0.1) is 13.8 Å². The molecule has 0 aliphatic rings. The van der Waals surface area contributed by atoms with Gasteiger partial charge in [0.15, 0.2) is 11.5 Å². The SMILES string of the molecule is CCOc1cc(NC(=O)N(C)Cc2c(C)noc2C)ccc1OC. The Morgan fingerprint density at radius 3 is 2.67 bits per heavy atom. The van der Waals surface area contributed by atoms with Gasteiger partial charge in [0.1, 0.15) is 5.76 Å². The molecule has 7 nitrogen and oxygen atoms in total. The number of benzene rings is 1. The normalized spacial score (nSPS) is 10.4. The Balaban J connectivity index is 2.07. The van der Waals surface area contributed by atoms with Gasteiger partial charge in [0.2, 0.25) is 0 Å². The van der Waals surface area contributed by atoms with Crippen molar-refractivity contribution in [3.8, 4) is 11.5 Å². The van der Waals surface area contributed by atoms with Crippen LogP contribution >= 0.6 is 0 Å². The number of urea groups is 1. The van der Waals surface area contributed by atoms with E-state index < -0.39 is 0 Å². The Bertz CT molecular complexity index is 692. The largest absolute Gasteiger partial charge is 0.493 e. The standard InChI is InChI=1S/C17H23N3O4/c1-6-23-16-9-13(7-8-15(16)22-5)18-17(21)20(4)10-14-11(2)19-24-12(14)3/h7-9H,6,10H2,1-5H3,(H,18,21). The van der Waals surface area contributed by atoms with Crippen molar-refractivity contribution in [3.05, 3.63) is 35.2 Å². The van der Waals surface area contributed by atoms with Crippen molar-refractivity contribution >= 4 is 11.7 Å². The van der Waals surface area contributed by atoms with Gasteiger partial charge in [-0.1, -0.05) is 5.16 Å². The van der Waals surface area contributed by atoms with Crippen LogP contribution in [0.4, 0.5) is 10.5 Å².